The summed E-state index contributed by atoms with van der Waals surface area (Å²) in [6.45, 7) is 0. The molecule has 0 aromatic carbocycles. The molecule has 2 nitrogen and oxygen atoms in total. The van der Waals surface area contributed by atoms with E-state index in [1.165, 1.54) is 0 Å². The predicted molar refractivity (Wildman–Crippen MR) is 28.4 cm³/mol. The Morgan fingerprint density at radius 1 is 1.86 bits per heavy atom. The highest BCUT2D eigenvalue weighted by molar-refractivity contribution is 8.04. The van der Waals surface area contributed by atoms with E-state index in [-0.39, 0.29) is 5.44 Å². The second-order valence-electron chi connectivity index (χ2n) is 1.83. The number of fused-ring (bicyclic) bond motifs is 1. The van der Waals surface area contributed by atoms with Gasteiger partial charge in [0.2, 0.25) is 0 Å². The van der Waals surface area contributed by atoms with Crippen molar-refractivity contribution in [2.24, 2.45) is 0 Å². The lowest BCUT2D eigenvalue weighted by molar-refractivity contribution is 0.495. The zero-order valence-corrected chi connectivity index (χ0v) is 4.60. The van der Waals surface area contributed by atoms with Crippen LogP contribution in [0.15, 0.2) is 12.2 Å². The van der Waals surface area contributed by atoms with Gasteiger partial charge in [0.15, 0.2) is 5.44 Å². The van der Waals surface area contributed by atoms with E-state index < -0.39 is 10.2 Å². The van der Waals surface area contributed by atoms with Gasteiger partial charge in [-0.15, -0.1) is 0 Å². The molecule has 2 heterocycles. The van der Waals surface area contributed by atoms with Crippen LogP contribution in [0, 0.1) is 0 Å². The second-order valence-corrected chi connectivity index (χ2v) is 4.37. The lowest BCUT2D eigenvalue weighted by atomic mass is 10.6. The van der Waals surface area contributed by atoms with E-state index in [2.05, 4.69) is 0 Å². The van der Waals surface area contributed by atoms with Gasteiger partial charge in [0.1, 0.15) is 0 Å². The van der Waals surface area contributed by atoms with Crippen LogP contribution >= 0.6 is 0 Å². The molecule has 0 aromatic heterocycles. The van der Waals surface area contributed by atoms with Crippen molar-refractivity contribution in [3.63, 3.8) is 0 Å². The minimum atomic E-state index is -1.99. The van der Waals surface area contributed by atoms with Gasteiger partial charge in [0.25, 0.3) is 0 Å². The molecule has 0 aromatic rings. The normalized spacial score (nSPS) is 45.4. The Morgan fingerprint density at radius 2 is 2.71 bits per heavy atom. The van der Waals surface area contributed by atoms with Crippen molar-refractivity contribution in [2.45, 2.75) is 5.44 Å². The standard InChI is InChI=1S/C4H6O2S/c5-7-3-1-2-4(7)6-7/h1-2,4,7H,3H2. The van der Waals surface area contributed by atoms with Gasteiger partial charge < -0.3 is 0 Å². The monoisotopic (exact) mass is 118 g/mol. The lowest BCUT2D eigenvalue weighted by Gasteiger charge is -1.89. The molecule has 1 fully saturated rings. The minimum absolute atomic E-state index is 0.0347. The van der Waals surface area contributed by atoms with Crippen LogP contribution in [-0.2, 0) is 14.4 Å². The molecule has 2 aliphatic heterocycles. The molecule has 0 saturated carbocycles. The number of rotatable bonds is 0. The van der Waals surface area contributed by atoms with Crippen LogP contribution in [-0.4, -0.2) is 15.4 Å². The van der Waals surface area contributed by atoms with Crippen LogP contribution < -0.4 is 0 Å². The van der Waals surface area contributed by atoms with Gasteiger partial charge in [0.05, 0.1) is 5.75 Å². The molecule has 2 aliphatic rings. The molecule has 7 heavy (non-hydrogen) atoms. The topological polar surface area (TPSA) is 29.6 Å². The number of thiol groups is 1. The van der Waals surface area contributed by atoms with Gasteiger partial charge in [-0.3, -0.25) is 4.18 Å². The molecular weight excluding hydrogens is 112 g/mol. The molecule has 1 atom stereocenters. The number of hydrogen-bond donors (Lipinski definition) is 1. The first kappa shape index (κ1) is 3.80. The van der Waals surface area contributed by atoms with E-state index in [0.29, 0.717) is 5.75 Å². The Labute approximate surface area is 42.8 Å². The van der Waals surface area contributed by atoms with Gasteiger partial charge in [0, 0.05) is 0 Å². The summed E-state index contributed by atoms with van der Waals surface area (Å²) in [6.07, 6.45) is 3.80. The van der Waals surface area contributed by atoms with Crippen molar-refractivity contribution in [3.8, 4) is 0 Å². The van der Waals surface area contributed by atoms with Gasteiger partial charge in [-0.05, 0) is 6.08 Å². The first-order valence-corrected chi connectivity index (χ1v) is 4.13. The summed E-state index contributed by atoms with van der Waals surface area (Å²) in [4.78, 5) is 0. The Hall–Kier alpha value is -0.150. The maximum atomic E-state index is 10.8. The molecule has 0 spiro atoms. The van der Waals surface area contributed by atoms with Crippen LogP contribution in [0.25, 0.3) is 0 Å². The summed E-state index contributed by atoms with van der Waals surface area (Å²) in [5.74, 6) is 0.678. The van der Waals surface area contributed by atoms with Crippen molar-refractivity contribution in [1.82, 2.24) is 0 Å². The average Bonchev–Trinajstić information content (AvgIpc) is 2.09. The maximum absolute atomic E-state index is 10.8. The van der Waals surface area contributed by atoms with Crippen LogP contribution in [0.2, 0.25) is 0 Å². The van der Waals surface area contributed by atoms with Gasteiger partial charge in [-0.25, -0.2) is 4.21 Å². The fourth-order valence-electron chi connectivity index (χ4n) is 0.793. The van der Waals surface area contributed by atoms with Gasteiger partial charge in [-0.1, -0.05) is 6.08 Å². The van der Waals surface area contributed by atoms with E-state index in [4.69, 9.17) is 4.18 Å². The summed E-state index contributed by atoms with van der Waals surface area (Å²) in [5, 5.41) is 0. The third-order valence-electron chi connectivity index (χ3n) is 1.29. The zero-order valence-electron chi connectivity index (χ0n) is 3.70. The molecule has 0 bridgehead atoms. The van der Waals surface area contributed by atoms with E-state index >= 15 is 0 Å². The third kappa shape index (κ3) is 0.345. The van der Waals surface area contributed by atoms with Crippen molar-refractivity contribution in [2.75, 3.05) is 5.75 Å². The summed E-state index contributed by atoms with van der Waals surface area (Å²) in [6, 6.07) is 0. The molecular formula is C4H6O2S. The Balaban J connectivity index is 2.44. The largest absolute Gasteiger partial charge is 0.260 e. The predicted octanol–water partition coefficient (Wildman–Crippen LogP) is -0.156. The summed E-state index contributed by atoms with van der Waals surface area (Å²) in [5.41, 5.74) is 0.0347. The summed E-state index contributed by atoms with van der Waals surface area (Å²) >= 11 is 0. The second kappa shape index (κ2) is 0.833. The first-order valence-electron chi connectivity index (χ1n) is 2.25. The maximum Gasteiger partial charge on any atom is 0.183 e. The molecule has 1 unspecified atom stereocenters. The van der Waals surface area contributed by atoms with E-state index in [1.807, 2.05) is 12.2 Å². The molecule has 40 valence electrons. The Bertz CT molecular complexity index is 173. The van der Waals surface area contributed by atoms with Crippen LogP contribution in [0.1, 0.15) is 0 Å². The summed E-state index contributed by atoms with van der Waals surface area (Å²) < 4.78 is 15.6. The van der Waals surface area contributed by atoms with E-state index in [1.54, 1.807) is 0 Å². The Morgan fingerprint density at radius 3 is 2.86 bits per heavy atom. The molecule has 2 rings (SSSR count). The third-order valence-corrected chi connectivity index (χ3v) is 3.44. The molecule has 0 aliphatic carbocycles. The summed E-state index contributed by atoms with van der Waals surface area (Å²) in [7, 11) is -1.99. The van der Waals surface area contributed by atoms with Crippen molar-refractivity contribution in [1.29, 1.82) is 0 Å². The van der Waals surface area contributed by atoms with Crippen LogP contribution in [0.4, 0.5) is 0 Å². The fraction of sp³-hybridized carbons (Fsp3) is 0.500. The minimum Gasteiger partial charge on any atom is -0.260 e. The smallest absolute Gasteiger partial charge is 0.183 e. The molecule has 3 heteroatoms. The van der Waals surface area contributed by atoms with E-state index in [0.717, 1.165) is 0 Å². The molecule has 0 radical (unpaired) electrons. The first-order chi connectivity index (χ1) is 3.31. The fourth-order valence-corrected chi connectivity index (χ4v) is 2.58. The Kier molecular flexibility index (Phi) is 0.453. The highest BCUT2D eigenvalue weighted by Gasteiger charge is 2.41. The highest BCUT2D eigenvalue weighted by atomic mass is 32.3. The van der Waals surface area contributed by atoms with E-state index in [9.17, 15) is 4.21 Å². The number of hydrogen-bond acceptors (Lipinski definition) is 2. The van der Waals surface area contributed by atoms with Crippen LogP contribution in [0.5, 0.6) is 0 Å². The van der Waals surface area contributed by atoms with Crippen LogP contribution in [0.3, 0.4) is 0 Å². The quantitative estimate of drug-likeness (QED) is 0.272. The van der Waals surface area contributed by atoms with Gasteiger partial charge in [-0.2, -0.15) is 10.2 Å². The van der Waals surface area contributed by atoms with Crippen molar-refractivity contribution < 1.29 is 8.39 Å². The molecule has 0 amide bonds. The molecule has 0 N–H and O–H groups in total. The highest BCUT2D eigenvalue weighted by Crippen LogP contribution is 2.39. The average molecular weight is 118 g/mol. The molecule has 1 saturated heterocycles. The zero-order chi connectivity index (χ0) is 4.91. The van der Waals surface area contributed by atoms with Crippen molar-refractivity contribution in [3.05, 3.63) is 12.2 Å². The van der Waals surface area contributed by atoms with Gasteiger partial charge >= 0.3 is 0 Å². The lowest BCUT2D eigenvalue weighted by Crippen LogP contribution is -1.89. The SMILES string of the molecule is O=[SH]12CC=CC1O2. The van der Waals surface area contributed by atoms with Crippen molar-refractivity contribution >= 4 is 10.2 Å².